The lowest BCUT2D eigenvalue weighted by molar-refractivity contribution is 0.0601. The number of pyridine rings is 1. The highest BCUT2D eigenvalue weighted by Crippen LogP contribution is 2.31. The minimum atomic E-state index is -0.366. The molecule has 4 rings (SSSR count). The van der Waals surface area contributed by atoms with Crippen LogP contribution in [0.4, 0.5) is 11.6 Å². The van der Waals surface area contributed by atoms with Gasteiger partial charge >= 0.3 is 5.97 Å². The maximum atomic E-state index is 11.6. The number of aromatic nitrogens is 3. The number of nitrogens with zero attached hydrogens (tertiary/aromatic N) is 3. The van der Waals surface area contributed by atoms with E-state index in [1.807, 2.05) is 12.3 Å². The van der Waals surface area contributed by atoms with E-state index in [1.54, 1.807) is 28.8 Å². The zero-order valence-electron chi connectivity index (χ0n) is 18.4. The van der Waals surface area contributed by atoms with Crippen molar-refractivity contribution >= 4 is 23.3 Å². The Morgan fingerprint density at radius 1 is 1.06 bits per heavy atom. The van der Waals surface area contributed by atoms with Crippen LogP contribution in [-0.4, -0.2) is 27.7 Å². The number of anilines is 2. The molecule has 0 saturated heterocycles. The minimum absolute atomic E-state index is 0.0581. The first-order chi connectivity index (χ1) is 14.7. The van der Waals surface area contributed by atoms with Gasteiger partial charge in [-0.05, 0) is 59.9 Å². The van der Waals surface area contributed by atoms with Crippen molar-refractivity contribution in [3.8, 4) is 11.1 Å². The van der Waals surface area contributed by atoms with Crippen molar-refractivity contribution in [1.82, 2.24) is 14.6 Å². The second-order valence-corrected chi connectivity index (χ2v) is 8.66. The normalized spacial score (nSPS) is 11.5. The SMILES string of the molecule is COC(=O)c1ccc(Nc2nc3c(-c4cc(C)cc(C(C)(C)C)c4)cccn3n2)cc1. The molecule has 2 aromatic carbocycles. The molecule has 4 aromatic rings. The van der Waals surface area contributed by atoms with E-state index >= 15 is 0 Å². The van der Waals surface area contributed by atoms with Crippen molar-refractivity contribution < 1.29 is 9.53 Å². The van der Waals surface area contributed by atoms with Crippen LogP contribution in [0.5, 0.6) is 0 Å². The highest BCUT2D eigenvalue weighted by Gasteiger charge is 2.17. The molecule has 6 heteroatoms. The average Bonchev–Trinajstić information content (AvgIpc) is 3.15. The first-order valence-corrected chi connectivity index (χ1v) is 10.2. The van der Waals surface area contributed by atoms with Crippen molar-refractivity contribution in [2.75, 3.05) is 12.4 Å². The predicted molar refractivity (Wildman–Crippen MR) is 123 cm³/mol. The van der Waals surface area contributed by atoms with E-state index in [0.717, 1.165) is 22.5 Å². The summed E-state index contributed by atoms with van der Waals surface area (Å²) in [4.78, 5) is 16.3. The lowest BCUT2D eigenvalue weighted by atomic mass is 9.84. The van der Waals surface area contributed by atoms with Crippen molar-refractivity contribution in [2.24, 2.45) is 0 Å². The number of carbonyl (C=O) groups excluding carboxylic acids is 1. The second-order valence-electron chi connectivity index (χ2n) is 8.66. The van der Waals surface area contributed by atoms with E-state index in [9.17, 15) is 4.79 Å². The average molecular weight is 415 g/mol. The van der Waals surface area contributed by atoms with Crippen LogP contribution in [0.25, 0.3) is 16.8 Å². The molecule has 0 fully saturated rings. The van der Waals surface area contributed by atoms with Crippen LogP contribution in [-0.2, 0) is 10.2 Å². The number of hydrogen-bond donors (Lipinski definition) is 1. The predicted octanol–water partition coefficient (Wildman–Crippen LogP) is 5.53. The third-order valence-electron chi connectivity index (χ3n) is 5.18. The van der Waals surface area contributed by atoms with Crippen molar-refractivity contribution in [3.63, 3.8) is 0 Å². The number of hydrogen-bond acceptors (Lipinski definition) is 5. The number of aryl methyl sites for hydroxylation is 1. The maximum absolute atomic E-state index is 11.6. The zero-order chi connectivity index (χ0) is 22.2. The maximum Gasteiger partial charge on any atom is 0.337 e. The number of ether oxygens (including phenoxy) is 1. The molecule has 0 aliphatic rings. The number of methoxy groups -OCH3 is 1. The van der Waals surface area contributed by atoms with Crippen molar-refractivity contribution in [3.05, 3.63) is 77.5 Å². The standard InChI is InChI=1S/C25H26N4O2/c1-16-13-18(15-19(14-16)25(2,3)4)21-7-6-12-29-22(21)27-24(28-29)26-20-10-8-17(9-11-20)23(30)31-5/h6-15H,1-5H3,(H,26,28). The molecule has 0 atom stereocenters. The zero-order valence-corrected chi connectivity index (χ0v) is 18.4. The van der Waals surface area contributed by atoms with E-state index in [-0.39, 0.29) is 11.4 Å². The van der Waals surface area contributed by atoms with Gasteiger partial charge in [0.1, 0.15) is 0 Å². The Morgan fingerprint density at radius 3 is 2.48 bits per heavy atom. The Balaban J connectivity index is 1.70. The lowest BCUT2D eigenvalue weighted by Gasteiger charge is -2.21. The molecule has 0 amide bonds. The summed E-state index contributed by atoms with van der Waals surface area (Å²) in [5.41, 5.74) is 6.77. The van der Waals surface area contributed by atoms with Gasteiger partial charge < -0.3 is 10.1 Å². The van der Waals surface area contributed by atoms with Gasteiger partial charge in [-0.25, -0.2) is 9.31 Å². The summed E-state index contributed by atoms with van der Waals surface area (Å²) < 4.78 is 6.52. The molecule has 0 spiro atoms. The number of fused-ring (bicyclic) bond motifs is 1. The molecule has 2 aromatic heterocycles. The summed E-state index contributed by atoms with van der Waals surface area (Å²) in [6, 6.07) is 17.7. The van der Waals surface area contributed by atoms with Crippen LogP contribution < -0.4 is 5.32 Å². The molecule has 31 heavy (non-hydrogen) atoms. The Morgan fingerprint density at radius 2 is 1.81 bits per heavy atom. The first-order valence-electron chi connectivity index (χ1n) is 10.2. The van der Waals surface area contributed by atoms with Gasteiger partial charge in [0.25, 0.3) is 0 Å². The number of esters is 1. The third-order valence-corrected chi connectivity index (χ3v) is 5.18. The second kappa shape index (κ2) is 7.87. The quantitative estimate of drug-likeness (QED) is 0.445. The fourth-order valence-electron chi connectivity index (χ4n) is 3.49. The van der Waals surface area contributed by atoms with Gasteiger partial charge in [-0.1, -0.05) is 44.5 Å². The molecule has 0 aliphatic heterocycles. The van der Waals surface area contributed by atoms with E-state index < -0.39 is 0 Å². The van der Waals surface area contributed by atoms with Gasteiger partial charge in [0.2, 0.25) is 5.95 Å². The summed E-state index contributed by atoms with van der Waals surface area (Å²) in [5, 5.41) is 7.77. The molecule has 1 N–H and O–H groups in total. The van der Waals surface area contributed by atoms with Gasteiger partial charge in [-0.15, -0.1) is 5.10 Å². The summed E-state index contributed by atoms with van der Waals surface area (Å²) in [7, 11) is 1.37. The molecule has 0 radical (unpaired) electrons. The van der Waals surface area contributed by atoms with Crippen LogP contribution in [0.15, 0.2) is 60.8 Å². The van der Waals surface area contributed by atoms with Gasteiger partial charge in [0.05, 0.1) is 12.7 Å². The van der Waals surface area contributed by atoms with E-state index in [1.165, 1.54) is 18.2 Å². The molecular weight excluding hydrogens is 388 g/mol. The summed E-state index contributed by atoms with van der Waals surface area (Å²) in [6.07, 6.45) is 1.89. The molecule has 0 unspecified atom stereocenters. The summed E-state index contributed by atoms with van der Waals surface area (Å²) >= 11 is 0. The number of benzene rings is 2. The summed E-state index contributed by atoms with van der Waals surface area (Å²) in [5.74, 6) is 0.122. The largest absolute Gasteiger partial charge is 0.465 e. The Hall–Kier alpha value is -3.67. The number of rotatable bonds is 4. The van der Waals surface area contributed by atoms with Gasteiger partial charge in [-0.3, -0.25) is 0 Å². The Kier molecular flexibility index (Phi) is 5.23. The van der Waals surface area contributed by atoms with Crippen molar-refractivity contribution in [2.45, 2.75) is 33.1 Å². The van der Waals surface area contributed by atoms with Crippen LogP contribution in [0.1, 0.15) is 42.3 Å². The van der Waals surface area contributed by atoms with Gasteiger partial charge in [0, 0.05) is 17.4 Å². The summed E-state index contributed by atoms with van der Waals surface area (Å²) in [6.45, 7) is 8.78. The van der Waals surface area contributed by atoms with Gasteiger partial charge in [-0.2, -0.15) is 4.98 Å². The third kappa shape index (κ3) is 4.28. The molecule has 0 bridgehead atoms. The van der Waals surface area contributed by atoms with E-state index in [4.69, 9.17) is 9.72 Å². The molecule has 2 heterocycles. The van der Waals surface area contributed by atoms with Crippen LogP contribution in [0.2, 0.25) is 0 Å². The van der Waals surface area contributed by atoms with Crippen LogP contribution in [0.3, 0.4) is 0 Å². The topological polar surface area (TPSA) is 68.5 Å². The van der Waals surface area contributed by atoms with Gasteiger partial charge in [0.15, 0.2) is 5.65 Å². The lowest BCUT2D eigenvalue weighted by Crippen LogP contribution is -2.11. The molecule has 0 aliphatic carbocycles. The van der Waals surface area contributed by atoms with Crippen LogP contribution >= 0.6 is 0 Å². The highest BCUT2D eigenvalue weighted by atomic mass is 16.5. The Labute approximate surface area is 181 Å². The number of nitrogens with one attached hydrogen (secondary N) is 1. The monoisotopic (exact) mass is 414 g/mol. The smallest absolute Gasteiger partial charge is 0.337 e. The first kappa shape index (κ1) is 20.6. The van der Waals surface area contributed by atoms with E-state index in [2.05, 4.69) is 62.4 Å². The Bertz CT molecular complexity index is 1250. The highest BCUT2D eigenvalue weighted by molar-refractivity contribution is 5.89. The molecule has 6 nitrogen and oxygen atoms in total. The fourth-order valence-corrected chi connectivity index (χ4v) is 3.49. The molecule has 0 saturated carbocycles. The van der Waals surface area contributed by atoms with Crippen molar-refractivity contribution in [1.29, 1.82) is 0 Å². The minimum Gasteiger partial charge on any atom is -0.465 e. The van der Waals surface area contributed by atoms with Crippen LogP contribution in [0, 0.1) is 6.92 Å². The molecule has 158 valence electrons. The molecular formula is C25H26N4O2. The van der Waals surface area contributed by atoms with E-state index in [0.29, 0.717) is 11.5 Å². The fraction of sp³-hybridized carbons (Fsp3) is 0.240. The number of carbonyl (C=O) groups is 1.